The summed E-state index contributed by atoms with van der Waals surface area (Å²) in [7, 11) is 0. The average molecular weight is 344 g/mol. The van der Waals surface area contributed by atoms with E-state index in [1.54, 1.807) is 19.1 Å². The molecule has 1 aromatic heterocycles. The van der Waals surface area contributed by atoms with Crippen LogP contribution in [0.15, 0.2) is 24.3 Å². The summed E-state index contributed by atoms with van der Waals surface area (Å²) >= 11 is 1.44. The Kier molecular flexibility index (Phi) is 6.93. The Hall–Kier alpha value is -1.50. The average Bonchev–Trinajstić information content (AvgIpc) is 2.80. The molecule has 0 spiro atoms. The van der Waals surface area contributed by atoms with Crippen molar-refractivity contribution in [2.75, 3.05) is 11.9 Å². The summed E-state index contributed by atoms with van der Waals surface area (Å²) in [5.74, 6) is -0.613. The lowest BCUT2D eigenvalue weighted by Gasteiger charge is -2.06. The number of benzene rings is 1. The molecule has 1 heterocycles. The van der Waals surface area contributed by atoms with Gasteiger partial charge in [-0.2, -0.15) is 0 Å². The van der Waals surface area contributed by atoms with Crippen molar-refractivity contribution in [3.8, 4) is 0 Å². The first kappa shape index (κ1) is 18.5. The predicted octanol–water partition coefficient (Wildman–Crippen LogP) is 3.14. The van der Waals surface area contributed by atoms with Crippen molar-refractivity contribution in [1.29, 1.82) is 0 Å². The fraction of sp³-hybridized carbons (Fsp3) is 0.333. The van der Waals surface area contributed by atoms with Gasteiger partial charge in [0.2, 0.25) is 5.91 Å². The van der Waals surface area contributed by atoms with Gasteiger partial charge >= 0.3 is 0 Å². The molecule has 1 atom stereocenters. The summed E-state index contributed by atoms with van der Waals surface area (Å²) in [5.41, 5.74) is 7.35. The van der Waals surface area contributed by atoms with Crippen LogP contribution in [0.2, 0.25) is 0 Å². The molecule has 120 valence electrons. The molecular formula is C15H19ClFN3OS. The van der Waals surface area contributed by atoms with Crippen molar-refractivity contribution in [3.63, 3.8) is 0 Å². The lowest BCUT2D eigenvalue weighted by molar-refractivity contribution is -0.119. The minimum Gasteiger partial charge on any atom is -0.330 e. The highest BCUT2D eigenvalue weighted by atomic mass is 35.5. The molecule has 1 aromatic carbocycles. The van der Waals surface area contributed by atoms with E-state index in [1.807, 2.05) is 6.92 Å². The summed E-state index contributed by atoms with van der Waals surface area (Å²) in [5, 5.41) is 3.36. The molecule has 0 aliphatic heterocycles. The van der Waals surface area contributed by atoms with E-state index in [-0.39, 0.29) is 30.0 Å². The van der Waals surface area contributed by atoms with E-state index in [0.717, 1.165) is 16.1 Å². The van der Waals surface area contributed by atoms with Crippen LogP contribution in [0.4, 0.5) is 9.52 Å². The Morgan fingerprint density at radius 1 is 1.41 bits per heavy atom. The fourth-order valence-electron chi connectivity index (χ4n) is 1.77. The Bertz CT molecular complexity index is 630. The van der Waals surface area contributed by atoms with Crippen LogP contribution in [0.3, 0.4) is 0 Å². The molecule has 0 aliphatic carbocycles. The number of hydrogen-bond acceptors (Lipinski definition) is 4. The number of aromatic nitrogens is 1. The van der Waals surface area contributed by atoms with Gasteiger partial charge in [0.25, 0.3) is 0 Å². The number of thiazole rings is 1. The molecule has 1 unspecified atom stereocenters. The zero-order valence-corrected chi connectivity index (χ0v) is 14.1. The van der Waals surface area contributed by atoms with Crippen LogP contribution in [0.25, 0.3) is 0 Å². The van der Waals surface area contributed by atoms with Gasteiger partial charge in [-0.15, -0.1) is 23.7 Å². The highest BCUT2D eigenvalue weighted by Gasteiger charge is 2.14. The van der Waals surface area contributed by atoms with Crippen LogP contribution in [0.5, 0.6) is 0 Å². The third kappa shape index (κ3) is 4.76. The molecule has 0 bridgehead atoms. The number of hydrogen-bond donors (Lipinski definition) is 2. The number of anilines is 1. The van der Waals surface area contributed by atoms with Gasteiger partial charge in [0.15, 0.2) is 5.13 Å². The van der Waals surface area contributed by atoms with Gasteiger partial charge in [-0.3, -0.25) is 4.79 Å². The number of rotatable bonds is 5. The van der Waals surface area contributed by atoms with Crippen molar-refractivity contribution in [3.05, 3.63) is 46.2 Å². The molecule has 7 heteroatoms. The van der Waals surface area contributed by atoms with Crippen LogP contribution in [-0.2, 0) is 11.2 Å². The Labute approximate surface area is 139 Å². The molecule has 0 aliphatic rings. The first-order valence-corrected chi connectivity index (χ1v) is 7.53. The number of carbonyl (C=O) groups excluding carboxylic acids is 1. The maximum absolute atomic E-state index is 12.9. The molecule has 4 nitrogen and oxygen atoms in total. The molecule has 1 amide bonds. The number of nitrogens with one attached hydrogen (secondary N) is 1. The molecule has 2 rings (SSSR count). The highest BCUT2D eigenvalue weighted by molar-refractivity contribution is 7.15. The van der Waals surface area contributed by atoms with Crippen LogP contribution >= 0.6 is 23.7 Å². The number of nitrogens with zero attached hydrogens (tertiary/aromatic N) is 1. The third-order valence-corrected chi connectivity index (χ3v) is 4.27. The Morgan fingerprint density at radius 3 is 2.64 bits per heavy atom. The zero-order chi connectivity index (χ0) is 15.4. The second kappa shape index (κ2) is 8.22. The summed E-state index contributed by atoms with van der Waals surface area (Å²) in [4.78, 5) is 17.2. The molecule has 0 saturated carbocycles. The SMILES string of the molecule is Cc1nc(NC(=O)C(C)CN)sc1Cc1ccc(F)cc1.Cl. The predicted molar refractivity (Wildman–Crippen MR) is 90.2 cm³/mol. The lowest BCUT2D eigenvalue weighted by atomic mass is 10.1. The van der Waals surface area contributed by atoms with E-state index in [0.29, 0.717) is 18.1 Å². The first-order chi connectivity index (χ1) is 9.99. The van der Waals surface area contributed by atoms with Crippen molar-refractivity contribution in [2.45, 2.75) is 20.3 Å². The second-order valence-corrected chi connectivity index (χ2v) is 6.04. The number of halogens is 2. The van der Waals surface area contributed by atoms with E-state index in [1.165, 1.54) is 23.5 Å². The van der Waals surface area contributed by atoms with Gasteiger partial charge in [-0.05, 0) is 24.6 Å². The van der Waals surface area contributed by atoms with E-state index in [4.69, 9.17) is 5.73 Å². The van der Waals surface area contributed by atoms with Gasteiger partial charge in [0.1, 0.15) is 5.82 Å². The fourth-order valence-corrected chi connectivity index (χ4v) is 2.77. The minimum absolute atomic E-state index is 0. The molecule has 22 heavy (non-hydrogen) atoms. The molecule has 3 N–H and O–H groups in total. The van der Waals surface area contributed by atoms with Gasteiger partial charge in [0, 0.05) is 23.8 Å². The van der Waals surface area contributed by atoms with Crippen molar-refractivity contribution >= 4 is 34.8 Å². The molecule has 0 saturated heterocycles. The Morgan fingerprint density at radius 2 is 2.05 bits per heavy atom. The summed E-state index contributed by atoms with van der Waals surface area (Å²) < 4.78 is 12.9. The molecule has 0 fully saturated rings. The second-order valence-electron chi connectivity index (χ2n) is 4.96. The summed E-state index contributed by atoms with van der Waals surface area (Å²) in [6.07, 6.45) is 0.673. The first-order valence-electron chi connectivity index (χ1n) is 6.71. The smallest absolute Gasteiger partial charge is 0.230 e. The largest absolute Gasteiger partial charge is 0.330 e. The zero-order valence-electron chi connectivity index (χ0n) is 12.4. The monoisotopic (exact) mass is 343 g/mol. The number of carbonyl (C=O) groups is 1. The van der Waals surface area contributed by atoms with Crippen LogP contribution < -0.4 is 11.1 Å². The van der Waals surface area contributed by atoms with Gasteiger partial charge in [0.05, 0.1) is 5.69 Å². The molecule has 0 radical (unpaired) electrons. The summed E-state index contributed by atoms with van der Waals surface area (Å²) in [6.45, 7) is 3.98. The number of nitrogens with two attached hydrogens (primary N) is 1. The van der Waals surface area contributed by atoms with Crippen LogP contribution in [0.1, 0.15) is 23.1 Å². The lowest BCUT2D eigenvalue weighted by Crippen LogP contribution is -2.26. The number of aryl methyl sites for hydroxylation is 1. The highest BCUT2D eigenvalue weighted by Crippen LogP contribution is 2.25. The topological polar surface area (TPSA) is 68.0 Å². The maximum atomic E-state index is 12.9. The van der Waals surface area contributed by atoms with E-state index < -0.39 is 0 Å². The van der Waals surface area contributed by atoms with Crippen LogP contribution in [0, 0.1) is 18.7 Å². The van der Waals surface area contributed by atoms with Gasteiger partial charge in [-0.25, -0.2) is 9.37 Å². The quantitative estimate of drug-likeness (QED) is 0.876. The van der Waals surface area contributed by atoms with Crippen molar-refractivity contribution < 1.29 is 9.18 Å². The maximum Gasteiger partial charge on any atom is 0.230 e. The minimum atomic E-state index is -0.247. The standard InChI is InChI=1S/C15H18FN3OS.ClH/c1-9(8-17)14(20)19-15-18-10(2)13(21-15)7-11-3-5-12(16)6-4-11;/h3-6,9H,7-8,17H2,1-2H3,(H,18,19,20);1H. The van der Waals surface area contributed by atoms with E-state index >= 15 is 0 Å². The van der Waals surface area contributed by atoms with Gasteiger partial charge in [-0.1, -0.05) is 19.1 Å². The van der Waals surface area contributed by atoms with Crippen LogP contribution in [-0.4, -0.2) is 17.4 Å². The normalized spacial score (nSPS) is 11.6. The van der Waals surface area contributed by atoms with Crippen molar-refractivity contribution in [2.24, 2.45) is 11.7 Å². The van der Waals surface area contributed by atoms with E-state index in [9.17, 15) is 9.18 Å². The Balaban J connectivity index is 0.00000242. The van der Waals surface area contributed by atoms with Crippen molar-refractivity contribution in [1.82, 2.24) is 4.98 Å². The van der Waals surface area contributed by atoms with Gasteiger partial charge < -0.3 is 11.1 Å². The molecule has 2 aromatic rings. The molecular weight excluding hydrogens is 325 g/mol. The summed E-state index contributed by atoms with van der Waals surface area (Å²) in [6, 6.07) is 6.39. The number of amides is 1. The van der Waals surface area contributed by atoms with E-state index in [2.05, 4.69) is 10.3 Å². The third-order valence-electron chi connectivity index (χ3n) is 3.20.